The van der Waals surface area contributed by atoms with E-state index >= 15 is 0 Å². The van der Waals surface area contributed by atoms with Crippen LogP contribution in [0.4, 0.5) is 0 Å². The fraction of sp³-hybridized carbons (Fsp3) is 0.600. The minimum absolute atomic E-state index is 0.750. The zero-order valence-electron chi connectivity index (χ0n) is 12.1. The van der Waals surface area contributed by atoms with Crippen LogP contribution in [0.15, 0.2) is 18.2 Å². The van der Waals surface area contributed by atoms with Crippen molar-refractivity contribution in [1.29, 1.82) is 0 Å². The summed E-state index contributed by atoms with van der Waals surface area (Å²) >= 11 is 0. The lowest BCUT2D eigenvalue weighted by Gasteiger charge is -2.17. The molecule has 3 heteroatoms. The van der Waals surface area contributed by atoms with Crippen LogP contribution in [0.3, 0.4) is 0 Å². The van der Waals surface area contributed by atoms with Gasteiger partial charge in [0.05, 0.1) is 0 Å². The molecule has 0 unspecified atom stereocenters. The highest BCUT2D eigenvalue weighted by Gasteiger charge is 2.01. The van der Waals surface area contributed by atoms with E-state index in [1.807, 2.05) is 7.05 Å². The maximum atomic E-state index is 5.84. The summed E-state index contributed by atoms with van der Waals surface area (Å²) in [5, 5.41) is 3.16. The molecule has 18 heavy (non-hydrogen) atoms. The first kappa shape index (κ1) is 15.0. The monoisotopic (exact) mass is 250 g/mol. The SMILES string of the molecule is CNCCCN(C)CCOc1cc(C)ccc1C. The van der Waals surface area contributed by atoms with Crippen molar-refractivity contribution >= 4 is 0 Å². The topological polar surface area (TPSA) is 24.5 Å². The highest BCUT2D eigenvalue weighted by molar-refractivity contribution is 5.35. The molecule has 0 bridgehead atoms. The van der Waals surface area contributed by atoms with Gasteiger partial charge in [-0.2, -0.15) is 0 Å². The first-order valence-electron chi connectivity index (χ1n) is 6.66. The molecule has 0 spiro atoms. The average Bonchev–Trinajstić information content (AvgIpc) is 2.34. The lowest BCUT2D eigenvalue weighted by atomic mass is 10.1. The Kier molecular flexibility index (Phi) is 6.76. The quantitative estimate of drug-likeness (QED) is 0.716. The van der Waals surface area contributed by atoms with E-state index in [-0.39, 0.29) is 0 Å². The Balaban J connectivity index is 2.26. The normalized spacial score (nSPS) is 10.9. The van der Waals surface area contributed by atoms with Gasteiger partial charge in [0.2, 0.25) is 0 Å². The zero-order chi connectivity index (χ0) is 13.4. The number of ether oxygens (including phenoxy) is 1. The van der Waals surface area contributed by atoms with Crippen molar-refractivity contribution in [2.24, 2.45) is 0 Å². The van der Waals surface area contributed by atoms with Crippen LogP contribution in [0.2, 0.25) is 0 Å². The number of rotatable bonds is 8. The van der Waals surface area contributed by atoms with Crippen molar-refractivity contribution in [2.75, 3.05) is 40.3 Å². The molecule has 0 aromatic heterocycles. The van der Waals surface area contributed by atoms with Gasteiger partial charge in [0.25, 0.3) is 0 Å². The van der Waals surface area contributed by atoms with E-state index in [1.165, 1.54) is 17.5 Å². The molecule has 0 aliphatic rings. The van der Waals surface area contributed by atoms with Crippen LogP contribution in [-0.4, -0.2) is 45.2 Å². The molecule has 102 valence electrons. The third-order valence-corrected chi connectivity index (χ3v) is 3.04. The van der Waals surface area contributed by atoms with Gasteiger partial charge in [0.15, 0.2) is 0 Å². The minimum atomic E-state index is 0.750. The fourth-order valence-corrected chi connectivity index (χ4v) is 1.81. The van der Waals surface area contributed by atoms with Crippen LogP contribution < -0.4 is 10.1 Å². The third-order valence-electron chi connectivity index (χ3n) is 3.04. The van der Waals surface area contributed by atoms with Crippen molar-refractivity contribution in [3.05, 3.63) is 29.3 Å². The molecular formula is C15H26N2O. The summed E-state index contributed by atoms with van der Waals surface area (Å²) in [5.74, 6) is 1.01. The maximum absolute atomic E-state index is 5.84. The summed E-state index contributed by atoms with van der Waals surface area (Å²) in [6, 6.07) is 6.34. The van der Waals surface area contributed by atoms with Crippen molar-refractivity contribution < 1.29 is 4.74 Å². The van der Waals surface area contributed by atoms with Gasteiger partial charge < -0.3 is 15.0 Å². The predicted molar refractivity (Wildman–Crippen MR) is 77.5 cm³/mol. The number of likely N-dealkylation sites (N-methyl/N-ethyl adjacent to an activating group) is 1. The van der Waals surface area contributed by atoms with E-state index in [4.69, 9.17) is 4.74 Å². The van der Waals surface area contributed by atoms with Crippen LogP contribution in [0.1, 0.15) is 17.5 Å². The molecule has 0 aliphatic heterocycles. The smallest absolute Gasteiger partial charge is 0.122 e. The van der Waals surface area contributed by atoms with Gasteiger partial charge >= 0.3 is 0 Å². The Morgan fingerprint density at radius 2 is 2.00 bits per heavy atom. The molecule has 0 aliphatic carbocycles. The second-order valence-corrected chi connectivity index (χ2v) is 4.88. The largest absolute Gasteiger partial charge is 0.492 e. The van der Waals surface area contributed by atoms with Gasteiger partial charge in [-0.25, -0.2) is 0 Å². The summed E-state index contributed by atoms with van der Waals surface area (Å²) < 4.78 is 5.84. The van der Waals surface area contributed by atoms with Gasteiger partial charge in [-0.3, -0.25) is 0 Å². The van der Waals surface area contributed by atoms with Gasteiger partial charge in [0, 0.05) is 6.54 Å². The Bertz CT molecular complexity index is 352. The number of benzene rings is 1. The van der Waals surface area contributed by atoms with Crippen LogP contribution in [-0.2, 0) is 0 Å². The molecule has 0 saturated carbocycles. The molecule has 0 atom stereocenters. The minimum Gasteiger partial charge on any atom is -0.492 e. The van der Waals surface area contributed by atoms with Crippen molar-refractivity contribution in [1.82, 2.24) is 10.2 Å². The zero-order valence-corrected chi connectivity index (χ0v) is 12.1. The second kappa shape index (κ2) is 8.11. The van der Waals surface area contributed by atoms with Gasteiger partial charge in [0.1, 0.15) is 12.4 Å². The Morgan fingerprint density at radius 3 is 2.72 bits per heavy atom. The molecule has 0 heterocycles. The molecular weight excluding hydrogens is 224 g/mol. The van der Waals surface area contributed by atoms with Crippen LogP contribution in [0, 0.1) is 13.8 Å². The van der Waals surface area contributed by atoms with Crippen molar-refractivity contribution in [3.63, 3.8) is 0 Å². The van der Waals surface area contributed by atoms with E-state index in [1.54, 1.807) is 0 Å². The number of nitrogens with one attached hydrogen (secondary N) is 1. The Morgan fingerprint density at radius 1 is 1.22 bits per heavy atom. The number of hydrogen-bond donors (Lipinski definition) is 1. The number of hydrogen-bond acceptors (Lipinski definition) is 3. The van der Waals surface area contributed by atoms with Crippen molar-refractivity contribution in [3.8, 4) is 5.75 Å². The molecule has 1 N–H and O–H groups in total. The van der Waals surface area contributed by atoms with E-state index < -0.39 is 0 Å². The first-order chi connectivity index (χ1) is 8.63. The number of aryl methyl sites for hydroxylation is 2. The summed E-state index contributed by atoms with van der Waals surface area (Å²) in [4.78, 5) is 2.31. The maximum Gasteiger partial charge on any atom is 0.122 e. The van der Waals surface area contributed by atoms with Gasteiger partial charge in [-0.15, -0.1) is 0 Å². The lowest BCUT2D eigenvalue weighted by molar-refractivity contribution is 0.235. The molecule has 0 saturated heterocycles. The Hall–Kier alpha value is -1.06. The van der Waals surface area contributed by atoms with Crippen LogP contribution in [0.5, 0.6) is 5.75 Å². The summed E-state index contributed by atoms with van der Waals surface area (Å²) in [7, 11) is 4.13. The van der Waals surface area contributed by atoms with Crippen LogP contribution >= 0.6 is 0 Å². The average molecular weight is 250 g/mol. The van der Waals surface area contributed by atoms with E-state index in [0.29, 0.717) is 0 Å². The van der Waals surface area contributed by atoms with Gasteiger partial charge in [-0.05, 0) is 64.6 Å². The van der Waals surface area contributed by atoms with Crippen LogP contribution in [0.25, 0.3) is 0 Å². The fourth-order valence-electron chi connectivity index (χ4n) is 1.81. The Labute approximate surface area is 111 Å². The predicted octanol–water partition coefficient (Wildman–Crippen LogP) is 2.22. The highest BCUT2D eigenvalue weighted by Crippen LogP contribution is 2.18. The lowest BCUT2D eigenvalue weighted by Crippen LogP contribution is -2.27. The molecule has 1 rings (SSSR count). The van der Waals surface area contributed by atoms with E-state index in [2.05, 4.69) is 49.3 Å². The third kappa shape index (κ3) is 5.52. The van der Waals surface area contributed by atoms with E-state index in [0.717, 1.165) is 32.0 Å². The summed E-state index contributed by atoms with van der Waals surface area (Å²) in [6.07, 6.45) is 1.18. The highest BCUT2D eigenvalue weighted by atomic mass is 16.5. The molecule has 0 amide bonds. The van der Waals surface area contributed by atoms with E-state index in [9.17, 15) is 0 Å². The molecule has 0 fully saturated rings. The second-order valence-electron chi connectivity index (χ2n) is 4.88. The van der Waals surface area contributed by atoms with Gasteiger partial charge in [-0.1, -0.05) is 12.1 Å². The summed E-state index contributed by atoms with van der Waals surface area (Å²) in [5.41, 5.74) is 2.46. The molecule has 3 nitrogen and oxygen atoms in total. The van der Waals surface area contributed by atoms with Crippen molar-refractivity contribution in [2.45, 2.75) is 20.3 Å². The molecule has 1 aromatic rings. The molecule has 1 aromatic carbocycles. The molecule has 0 radical (unpaired) electrons. The first-order valence-corrected chi connectivity index (χ1v) is 6.66. The summed E-state index contributed by atoms with van der Waals surface area (Å²) in [6.45, 7) is 8.08. The number of nitrogens with zero attached hydrogens (tertiary/aromatic N) is 1. The standard InChI is InChI=1S/C15H26N2O/c1-13-6-7-14(2)15(12-13)18-11-10-17(4)9-5-8-16-3/h6-7,12,16H,5,8-11H2,1-4H3.